The van der Waals surface area contributed by atoms with Gasteiger partial charge in [-0.05, 0) is 25.5 Å². The van der Waals surface area contributed by atoms with Crippen molar-refractivity contribution in [3.8, 4) is 0 Å². The van der Waals surface area contributed by atoms with E-state index in [1.165, 1.54) is 6.20 Å². The molecule has 0 aliphatic heterocycles. The van der Waals surface area contributed by atoms with Crippen LogP contribution in [0.4, 0.5) is 4.39 Å². The fraction of sp³-hybridized carbons (Fsp3) is 0.375. The van der Waals surface area contributed by atoms with Crippen molar-refractivity contribution < 1.29 is 4.39 Å². The van der Waals surface area contributed by atoms with Gasteiger partial charge in [-0.25, -0.2) is 4.98 Å². The summed E-state index contributed by atoms with van der Waals surface area (Å²) in [7, 11) is 0. The molecule has 1 aromatic rings. The van der Waals surface area contributed by atoms with Gasteiger partial charge >= 0.3 is 0 Å². The quantitative estimate of drug-likeness (QED) is 0.735. The molecule has 2 N–H and O–H groups in total. The molecular weight excluding hydrogens is 179 g/mol. The first-order valence-electron chi connectivity index (χ1n) is 3.74. The summed E-state index contributed by atoms with van der Waals surface area (Å²) >= 11 is 5.74. The standard InChI is InChI=1S/C8H10ClFN2/c9-7-3-5-12-8(10)6(7)2-1-4-11/h3,5H,1-2,4,11H2. The van der Waals surface area contributed by atoms with E-state index in [4.69, 9.17) is 17.3 Å². The third kappa shape index (κ3) is 2.16. The molecule has 0 amide bonds. The van der Waals surface area contributed by atoms with E-state index in [2.05, 4.69) is 4.98 Å². The highest BCUT2D eigenvalue weighted by molar-refractivity contribution is 6.31. The van der Waals surface area contributed by atoms with Gasteiger partial charge in [-0.1, -0.05) is 11.6 Å². The number of hydrogen-bond donors (Lipinski definition) is 1. The molecule has 0 unspecified atom stereocenters. The number of halogens is 2. The molecule has 0 atom stereocenters. The Bertz CT molecular complexity index is 245. The Labute approximate surface area is 75.6 Å². The minimum atomic E-state index is -0.490. The van der Waals surface area contributed by atoms with Crippen LogP contribution in [0.3, 0.4) is 0 Å². The first-order valence-corrected chi connectivity index (χ1v) is 4.12. The SMILES string of the molecule is NCCCc1c(Cl)ccnc1F. The molecule has 0 radical (unpaired) electrons. The molecule has 0 spiro atoms. The highest BCUT2D eigenvalue weighted by Gasteiger charge is 2.06. The summed E-state index contributed by atoms with van der Waals surface area (Å²) in [5.41, 5.74) is 5.75. The molecule has 0 fully saturated rings. The van der Waals surface area contributed by atoms with Crippen LogP contribution in [0.2, 0.25) is 5.02 Å². The molecular formula is C8H10ClFN2. The second kappa shape index (κ2) is 4.38. The Morgan fingerprint density at radius 2 is 2.33 bits per heavy atom. The molecule has 1 aromatic heterocycles. The fourth-order valence-corrected chi connectivity index (χ4v) is 1.18. The van der Waals surface area contributed by atoms with Crippen molar-refractivity contribution in [2.45, 2.75) is 12.8 Å². The van der Waals surface area contributed by atoms with Crippen molar-refractivity contribution in [1.29, 1.82) is 0 Å². The van der Waals surface area contributed by atoms with Crippen molar-refractivity contribution in [3.63, 3.8) is 0 Å². The third-order valence-electron chi connectivity index (χ3n) is 1.58. The van der Waals surface area contributed by atoms with Crippen LogP contribution < -0.4 is 5.73 Å². The average molecular weight is 189 g/mol. The minimum absolute atomic E-state index is 0.427. The molecule has 4 heteroatoms. The van der Waals surface area contributed by atoms with Gasteiger partial charge in [-0.3, -0.25) is 0 Å². The lowest BCUT2D eigenvalue weighted by Crippen LogP contribution is -2.02. The first kappa shape index (κ1) is 9.42. The molecule has 2 nitrogen and oxygen atoms in total. The van der Waals surface area contributed by atoms with Crippen molar-refractivity contribution in [2.24, 2.45) is 5.73 Å². The number of nitrogens with zero attached hydrogens (tertiary/aromatic N) is 1. The van der Waals surface area contributed by atoms with Crippen molar-refractivity contribution in [2.75, 3.05) is 6.54 Å². The van der Waals surface area contributed by atoms with E-state index >= 15 is 0 Å². The van der Waals surface area contributed by atoms with Gasteiger partial charge in [0.25, 0.3) is 0 Å². The Morgan fingerprint density at radius 1 is 1.58 bits per heavy atom. The van der Waals surface area contributed by atoms with Crippen LogP contribution in [-0.2, 0) is 6.42 Å². The van der Waals surface area contributed by atoms with Gasteiger partial charge in [0.2, 0.25) is 5.95 Å². The van der Waals surface area contributed by atoms with E-state index in [-0.39, 0.29) is 0 Å². The zero-order valence-corrected chi connectivity index (χ0v) is 7.31. The van der Waals surface area contributed by atoms with E-state index in [1.807, 2.05) is 0 Å². The summed E-state index contributed by atoms with van der Waals surface area (Å²) in [6.07, 6.45) is 2.63. The highest BCUT2D eigenvalue weighted by atomic mass is 35.5. The van der Waals surface area contributed by atoms with Crippen molar-refractivity contribution in [1.82, 2.24) is 4.98 Å². The second-order valence-corrected chi connectivity index (χ2v) is 2.86. The van der Waals surface area contributed by atoms with Crippen LogP contribution in [0.15, 0.2) is 12.3 Å². The summed E-state index contributed by atoms with van der Waals surface area (Å²) in [6, 6.07) is 1.58. The molecule has 0 bridgehead atoms. The van der Waals surface area contributed by atoms with Gasteiger partial charge in [-0.2, -0.15) is 4.39 Å². The summed E-state index contributed by atoms with van der Waals surface area (Å²) in [5.74, 6) is -0.490. The number of nitrogens with two attached hydrogens (primary N) is 1. The maximum Gasteiger partial charge on any atom is 0.217 e. The van der Waals surface area contributed by atoms with Gasteiger partial charge in [0.1, 0.15) is 0 Å². The lowest BCUT2D eigenvalue weighted by molar-refractivity contribution is 0.563. The normalized spacial score (nSPS) is 10.2. The zero-order valence-electron chi connectivity index (χ0n) is 6.56. The number of rotatable bonds is 3. The Hall–Kier alpha value is -0.670. The lowest BCUT2D eigenvalue weighted by Gasteiger charge is -2.02. The zero-order chi connectivity index (χ0) is 8.97. The fourth-order valence-electron chi connectivity index (χ4n) is 0.947. The maximum atomic E-state index is 12.9. The molecule has 0 aliphatic rings. The van der Waals surface area contributed by atoms with Gasteiger partial charge < -0.3 is 5.73 Å². The van der Waals surface area contributed by atoms with E-state index < -0.39 is 5.95 Å². The van der Waals surface area contributed by atoms with Gasteiger partial charge in [-0.15, -0.1) is 0 Å². The van der Waals surface area contributed by atoms with Crippen LogP contribution in [-0.4, -0.2) is 11.5 Å². The second-order valence-electron chi connectivity index (χ2n) is 2.45. The topological polar surface area (TPSA) is 38.9 Å². The van der Waals surface area contributed by atoms with E-state index in [1.54, 1.807) is 6.07 Å². The first-order chi connectivity index (χ1) is 5.75. The van der Waals surface area contributed by atoms with Gasteiger partial charge in [0.05, 0.1) is 0 Å². The van der Waals surface area contributed by atoms with Crippen LogP contribution in [0.1, 0.15) is 12.0 Å². The van der Waals surface area contributed by atoms with Gasteiger partial charge in [0.15, 0.2) is 0 Å². The monoisotopic (exact) mass is 188 g/mol. The van der Waals surface area contributed by atoms with Crippen molar-refractivity contribution >= 4 is 11.6 Å². The Balaban J connectivity index is 2.81. The number of pyridine rings is 1. The van der Waals surface area contributed by atoms with E-state index in [0.29, 0.717) is 23.6 Å². The molecule has 0 aromatic carbocycles. The molecule has 0 saturated carbocycles. The Kier molecular flexibility index (Phi) is 3.44. The van der Waals surface area contributed by atoms with Crippen molar-refractivity contribution in [3.05, 3.63) is 28.8 Å². The number of aromatic nitrogens is 1. The molecule has 0 saturated heterocycles. The maximum absolute atomic E-state index is 12.9. The third-order valence-corrected chi connectivity index (χ3v) is 1.93. The van der Waals surface area contributed by atoms with Crippen LogP contribution in [0.5, 0.6) is 0 Å². The summed E-state index contributed by atoms with van der Waals surface area (Å²) in [5, 5.41) is 0.427. The van der Waals surface area contributed by atoms with E-state index in [9.17, 15) is 4.39 Å². The molecule has 66 valence electrons. The summed E-state index contributed by atoms with van der Waals surface area (Å²) < 4.78 is 12.9. The largest absolute Gasteiger partial charge is 0.330 e. The smallest absolute Gasteiger partial charge is 0.217 e. The number of hydrogen-bond acceptors (Lipinski definition) is 2. The van der Waals surface area contributed by atoms with Crippen LogP contribution in [0, 0.1) is 5.95 Å². The van der Waals surface area contributed by atoms with Crippen LogP contribution in [0.25, 0.3) is 0 Å². The summed E-state index contributed by atoms with van der Waals surface area (Å²) in [6.45, 7) is 0.532. The average Bonchev–Trinajstić information content (AvgIpc) is 2.04. The predicted molar refractivity (Wildman–Crippen MR) is 46.6 cm³/mol. The van der Waals surface area contributed by atoms with E-state index in [0.717, 1.165) is 6.42 Å². The highest BCUT2D eigenvalue weighted by Crippen LogP contribution is 2.18. The molecule has 1 rings (SSSR count). The molecule has 1 heterocycles. The molecule has 0 aliphatic carbocycles. The molecule has 12 heavy (non-hydrogen) atoms. The Morgan fingerprint density at radius 3 is 2.92 bits per heavy atom. The van der Waals surface area contributed by atoms with Gasteiger partial charge in [0, 0.05) is 16.8 Å². The predicted octanol–water partition coefficient (Wildman–Crippen LogP) is 1.77. The summed E-state index contributed by atoms with van der Waals surface area (Å²) in [4.78, 5) is 3.50. The van der Waals surface area contributed by atoms with Crippen LogP contribution >= 0.6 is 11.6 Å². The minimum Gasteiger partial charge on any atom is -0.330 e. The lowest BCUT2D eigenvalue weighted by atomic mass is 10.1.